The van der Waals surface area contributed by atoms with E-state index in [1.165, 1.54) is 19.2 Å². The van der Waals surface area contributed by atoms with Gasteiger partial charge in [-0.1, -0.05) is 6.07 Å². The summed E-state index contributed by atoms with van der Waals surface area (Å²) in [6.07, 6.45) is 1.66. The number of halogens is 1. The largest absolute Gasteiger partial charge is 0.355 e. The van der Waals surface area contributed by atoms with Gasteiger partial charge in [0.05, 0.1) is 17.8 Å². The molecule has 0 bridgehead atoms. The number of carbonyl (C=O) groups excluding carboxylic acids is 2. The second-order valence-corrected chi connectivity index (χ2v) is 5.04. The molecule has 2 N–H and O–H groups in total. The van der Waals surface area contributed by atoms with Crippen LogP contribution in [0, 0.1) is 5.82 Å². The van der Waals surface area contributed by atoms with E-state index >= 15 is 0 Å². The van der Waals surface area contributed by atoms with E-state index in [4.69, 9.17) is 0 Å². The van der Waals surface area contributed by atoms with E-state index in [-0.39, 0.29) is 11.6 Å². The Morgan fingerprint density at radius 1 is 1.25 bits per heavy atom. The molecule has 24 heavy (non-hydrogen) atoms. The van der Waals surface area contributed by atoms with Crippen LogP contribution in [0.4, 0.5) is 14.9 Å². The van der Waals surface area contributed by atoms with Crippen molar-refractivity contribution >= 4 is 17.6 Å². The maximum Gasteiger partial charge on any atom is 0.322 e. The molecule has 6 nitrogen and oxygen atoms in total. The van der Waals surface area contributed by atoms with Crippen LogP contribution in [-0.4, -0.2) is 35.4 Å². The highest BCUT2D eigenvalue weighted by Crippen LogP contribution is 2.16. The number of rotatable bonds is 5. The van der Waals surface area contributed by atoms with Crippen molar-refractivity contribution in [2.75, 3.05) is 18.9 Å². The molecule has 0 spiro atoms. The van der Waals surface area contributed by atoms with Gasteiger partial charge in [0.2, 0.25) is 0 Å². The molecule has 0 aliphatic heterocycles. The van der Waals surface area contributed by atoms with Crippen LogP contribution in [0.3, 0.4) is 0 Å². The number of nitrogens with zero attached hydrogens (tertiary/aromatic N) is 2. The number of anilines is 1. The third-order valence-corrected chi connectivity index (χ3v) is 3.44. The van der Waals surface area contributed by atoms with Crippen molar-refractivity contribution in [2.45, 2.75) is 13.5 Å². The summed E-state index contributed by atoms with van der Waals surface area (Å²) in [5, 5.41) is 5.03. The van der Waals surface area contributed by atoms with E-state index < -0.39 is 11.7 Å². The van der Waals surface area contributed by atoms with Gasteiger partial charge in [-0.15, -0.1) is 0 Å². The van der Waals surface area contributed by atoms with Crippen LogP contribution in [0.5, 0.6) is 0 Å². The SMILES string of the molecule is CCN(Cc1ccccn1)C(=O)Nc1ccc(F)c(C(=O)NC)c1. The first kappa shape index (κ1) is 17.4. The van der Waals surface area contributed by atoms with E-state index in [0.29, 0.717) is 18.8 Å². The van der Waals surface area contributed by atoms with Crippen molar-refractivity contribution in [3.05, 3.63) is 59.7 Å². The molecule has 3 amide bonds. The minimum absolute atomic E-state index is 0.122. The van der Waals surface area contributed by atoms with Gasteiger partial charge in [0.15, 0.2) is 0 Å². The molecule has 0 radical (unpaired) electrons. The Morgan fingerprint density at radius 2 is 2.04 bits per heavy atom. The van der Waals surface area contributed by atoms with E-state index in [1.807, 2.05) is 19.1 Å². The van der Waals surface area contributed by atoms with Crippen LogP contribution in [0.1, 0.15) is 23.0 Å². The maximum absolute atomic E-state index is 13.7. The molecule has 0 saturated heterocycles. The Bertz CT molecular complexity index is 722. The number of amides is 3. The number of carbonyl (C=O) groups is 2. The Labute approximate surface area is 139 Å². The smallest absolute Gasteiger partial charge is 0.322 e. The molecule has 0 fully saturated rings. The lowest BCUT2D eigenvalue weighted by Crippen LogP contribution is -2.34. The predicted octanol–water partition coefficient (Wildman–Crippen LogP) is 2.63. The predicted molar refractivity (Wildman–Crippen MR) is 89.1 cm³/mol. The molecule has 2 aromatic rings. The molecule has 1 aromatic carbocycles. The zero-order valence-electron chi connectivity index (χ0n) is 13.5. The van der Waals surface area contributed by atoms with Crippen LogP contribution in [0.2, 0.25) is 0 Å². The fourth-order valence-corrected chi connectivity index (χ4v) is 2.13. The Morgan fingerprint density at radius 3 is 2.67 bits per heavy atom. The Balaban J connectivity index is 2.11. The summed E-state index contributed by atoms with van der Waals surface area (Å²) in [6.45, 7) is 2.68. The van der Waals surface area contributed by atoms with Gasteiger partial charge in [0.1, 0.15) is 5.82 Å². The van der Waals surface area contributed by atoms with Crippen LogP contribution in [-0.2, 0) is 6.54 Å². The summed E-state index contributed by atoms with van der Waals surface area (Å²) in [4.78, 5) is 29.7. The minimum atomic E-state index is -0.645. The molecule has 0 aliphatic rings. The van der Waals surface area contributed by atoms with Crippen LogP contribution >= 0.6 is 0 Å². The lowest BCUT2D eigenvalue weighted by Gasteiger charge is -2.21. The molecule has 1 heterocycles. The maximum atomic E-state index is 13.7. The van der Waals surface area contributed by atoms with E-state index in [1.54, 1.807) is 17.2 Å². The average Bonchev–Trinajstić information content (AvgIpc) is 2.61. The fourth-order valence-electron chi connectivity index (χ4n) is 2.13. The van der Waals surface area contributed by atoms with Crippen LogP contribution in [0.25, 0.3) is 0 Å². The van der Waals surface area contributed by atoms with E-state index in [2.05, 4.69) is 15.6 Å². The second-order valence-electron chi connectivity index (χ2n) is 5.04. The molecular weight excluding hydrogens is 311 g/mol. The van der Waals surface area contributed by atoms with Gasteiger partial charge in [-0.05, 0) is 37.3 Å². The number of hydrogen-bond acceptors (Lipinski definition) is 3. The first-order valence-electron chi connectivity index (χ1n) is 7.52. The van der Waals surface area contributed by atoms with Crippen molar-refractivity contribution in [3.8, 4) is 0 Å². The Hall–Kier alpha value is -2.96. The van der Waals surface area contributed by atoms with Crippen molar-refractivity contribution < 1.29 is 14.0 Å². The number of nitrogens with one attached hydrogen (secondary N) is 2. The topological polar surface area (TPSA) is 74.3 Å². The molecular formula is C17H19FN4O2. The first-order chi connectivity index (χ1) is 11.5. The summed E-state index contributed by atoms with van der Waals surface area (Å²) in [5.74, 6) is -1.20. The minimum Gasteiger partial charge on any atom is -0.355 e. The summed E-state index contributed by atoms with van der Waals surface area (Å²) in [6, 6.07) is 9.00. The van der Waals surface area contributed by atoms with Crippen molar-refractivity contribution in [2.24, 2.45) is 0 Å². The molecule has 0 atom stereocenters. The number of pyridine rings is 1. The first-order valence-corrected chi connectivity index (χ1v) is 7.52. The third-order valence-electron chi connectivity index (χ3n) is 3.44. The number of urea groups is 1. The van der Waals surface area contributed by atoms with Crippen molar-refractivity contribution in [1.29, 1.82) is 0 Å². The summed E-state index contributed by atoms with van der Waals surface area (Å²) in [5.41, 5.74) is 0.988. The fraction of sp³-hybridized carbons (Fsp3) is 0.235. The van der Waals surface area contributed by atoms with Gasteiger partial charge < -0.3 is 15.5 Å². The lowest BCUT2D eigenvalue weighted by molar-refractivity contribution is 0.0959. The highest BCUT2D eigenvalue weighted by Gasteiger charge is 2.15. The van der Waals surface area contributed by atoms with Gasteiger partial charge in [0, 0.05) is 25.5 Å². The van der Waals surface area contributed by atoms with Crippen molar-refractivity contribution in [1.82, 2.24) is 15.2 Å². The van der Waals surface area contributed by atoms with Gasteiger partial charge >= 0.3 is 6.03 Å². The van der Waals surface area contributed by atoms with Crippen LogP contribution < -0.4 is 10.6 Å². The molecule has 1 aromatic heterocycles. The third kappa shape index (κ3) is 4.28. The summed E-state index contributed by atoms with van der Waals surface area (Å²) < 4.78 is 13.7. The van der Waals surface area contributed by atoms with E-state index in [9.17, 15) is 14.0 Å². The van der Waals surface area contributed by atoms with Gasteiger partial charge in [0.25, 0.3) is 5.91 Å². The van der Waals surface area contributed by atoms with Gasteiger partial charge in [-0.2, -0.15) is 0 Å². The molecule has 7 heteroatoms. The van der Waals surface area contributed by atoms with Gasteiger partial charge in [-0.25, -0.2) is 9.18 Å². The molecule has 2 rings (SSSR count). The Kier molecular flexibility index (Phi) is 5.83. The zero-order chi connectivity index (χ0) is 17.5. The van der Waals surface area contributed by atoms with Crippen LogP contribution in [0.15, 0.2) is 42.6 Å². The zero-order valence-corrected chi connectivity index (χ0v) is 13.5. The summed E-state index contributed by atoms with van der Waals surface area (Å²) >= 11 is 0. The second kappa shape index (κ2) is 8.05. The highest BCUT2D eigenvalue weighted by atomic mass is 19.1. The van der Waals surface area contributed by atoms with Gasteiger partial charge in [-0.3, -0.25) is 9.78 Å². The highest BCUT2D eigenvalue weighted by molar-refractivity contribution is 5.97. The number of benzene rings is 1. The number of hydrogen-bond donors (Lipinski definition) is 2. The quantitative estimate of drug-likeness (QED) is 0.885. The molecule has 0 unspecified atom stereocenters. The molecule has 0 saturated carbocycles. The number of aromatic nitrogens is 1. The molecule has 0 aliphatic carbocycles. The monoisotopic (exact) mass is 330 g/mol. The summed E-state index contributed by atoms with van der Waals surface area (Å²) in [7, 11) is 1.42. The van der Waals surface area contributed by atoms with Crippen molar-refractivity contribution in [3.63, 3.8) is 0 Å². The van der Waals surface area contributed by atoms with E-state index in [0.717, 1.165) is 11.8 Å². The average molecular weight is 330 g/mol. The normalized spacial score (nSPS) is 10.1. The lowest BCUT2D eigenvalue weighted by atomic mass is 10.1. The molecule has 126 valence electrons. The standard InChI is InChI=1S/C17H19FN4O2/c1-3-22(11-13-6-4-5-9-20-13)17(24)21-12-7-8-15(18)14(10-12)16(23)19-2/h4-10H,3,11H2,1-2H3,(H,19,23)(H,21,24).